The van der Waals surface area contributed by atoms with E-state index in [-0.39, 0.29) is 29.2 Å². The highest BCUT2D eigenvalue weighted by atomic mass is 16.5. The number of nitrogens with one attached hydrogen (secondary N) is 1. The van der Waals surface area contributed by atoms with E-state index in [1.807, 2.05) is 32.0 Å². The Morgan fingerprint density at radius 3 is 2.21 bits per heavy atom. The van der Waals surface area contributed by atoms with Gasteiger partial charge in [0, 0.05) is 5.69 Å². The Labute approximate surface area is 192 Å². The molecule has 3 aliphatic rings. The van der Waals surface area contributed by atoms with Gasteiger partial charge in [0.25, 0.3) is 5.91 Å². The third-order valence-corrected chi connectivity index (χ3v) is 7.28. The summed E-state index contributed by atoms with van der Waals surface area (Å²) in [5.74, 6) is -1.02. The van der Waals surface area contributed by atoms with Crippen LogP contribution in [0.15, 0.2) is 42.5 Å². The van der Waals surface area contributed by atoms with Crippen LogP contribution in [0.3, 0.4) is 0 Å². The van der Waals surface area contributed by atoms with E-state index in [9.17, 15) is 19.2 Å². The maximum Gasteiger partial charge on any atom is 0.338 e. The van der Waals surface area contributed by atoms with Gasteiger partial charge in [0.2, 0.25) is 11.8 Å². The third kappa shape index (κ3) is 3.71. The molecule has 0 radical (unpaired) electrons. The van der Waals surface area contributed by atoms with Crippen LogP contribution in [0.1, 0.15) is 40.7 Å². The first kappa shape index (κ1) is 21.4. The SMILES string of the molecule is Cc1ccc(NC(=O)COC(=O)c2ccc(N3C(=O)[C@@H]4[C@H]5CC[C@@H](C5)[C@@H]4C3=O)cc2)c(C)c1. The average Bonchev–Trinajstić information content (AvgIpc) is 3.48. The predicted octanol–water partition coefficient (Wildman–Crippen LogP) is 3.63. The molecule has 170 valence electrons. The number of esters is 1. The normalized spacial score (nSPS) is 25.3. The van der Waals surface area contributed by atoms with Gasteiger partial charge in [-0.15, -0.1) is 0 Å². The zero-order valence-electron chi connectivity index (χ0n) is 18.7. The number of benzene rings is 2. The molecule has 1 N–H and O–H groups in total. The molecule has 2 bridgehead atoms. The van der Waals surface area contributed by atoms with Crippen molar-refractivity contribution in [3.05, 3.63) is 59.2 Å². The molecular formula is C26H26N2O5. The lowest BCUT2D eigenvalue weighted by molar-refractivity contribution is -0.123. The van der Waals surface area contributed by atoms with Crippen molar-refractivity contribution in [2.24, 2.45) is 23.7 Å². The largest absolute Gasteiger partial charge is 0.452 e. The molecule has 2 saturated carbocycles. The van der Waals surface area contributed by atoms with E-state index in [0.717, 1.165) is 30.4 Å². The Kier molecular flexibility index (Phi) is 5.27. The number of amides is 3. The monoisotopic (exact) mass is 446 g/mol. The fourth-order valence-electron chi connectivity index (χ4n) is 5.76. The summed E-state index contributed by atoms with van der Waals surface area (Å²) < 4.78 is 5.13. The number of rotatable bonds is 5. The number of fused-ring (bicyclic) bond motifs is 5. The van der Waals surface area contributed by atoms with Crippen LogP contribution in [0.2, 0.25) is 0 Å². The van der Waals surface area contributed by atoms with Crippen LogP contribution in [0.25, 0.3) is 0 Å². The van der Waals surface area contributed by atoms with Crippen LogP contribution < -0.4 is 10.2 Å². The lowest BCUT2D eigenvalue weighted by atomic mass is 9.81. The van der Waals surface area contributed by atoms with E-state index in [2.05, 4.69) is 5.32 Å². The topological polar surface area (TPSA) is 92.8 Å². The van der Waals surface area contributed by atoms with Crippen molar-refractivity contribution in [2.45, 2.75) is 33.1 Å². The van der Waals surface area contributed by atoms with E-state index in [4.69, 9.17) is 4.74 Å². The Bertz CT molecular complexity index is 1130. The minimum atomic E-state index is -0.647. The first-order valence-electron chi connectivity index (χ1n) is 11.4. The first-order valence-corrected chi connectivity index (χ1v) is 11.4. The van der Waals surface area contributed by atoms with E-state index in [1.165, 1.54) is 17.0 Å². The van der Waals surface area contributed by atoms with Gasteiger partial charge in [-0.3, -0.25) is 19.3 Å². The van der Waals surface area contributed by atoms with Gasteiger partial charge in [-0.25, -0.2) is 4.79 Å². The molecule has 0 spiro atoms. The number of aryl methyl sites for hydroxylation is 2. The second-order valence-electron chi connectivity index (χ2n) is 9.39. The van der Waals surface area contributed by atoms with Crippen molar-refractivity contribution >= 4 is 35.1 Å². The Balaban J connectivity index is 1.20. The van der Waals surface area contributed by atoms with Gasteiger partial charge in [0.1, 0.15) is 0 Å². The number of ether oxygens (including phenoxy) is 1. The molecule has 7 heteroatoms. The molecule has 2 aromatic carbocycles. The van der Waals surface area contributed by atoms with Gasteiger partial charge < -0.3 is 10.1 Å². The van der Waals surface area contributed by atoms with Gasteiger partial charge in [-0.1, -0.05) is 17.7 Å². The van der Waals surface area contributed by atoms with Crippen LogP contribution in [-0.4, -0.2) is 30.3 Å². The summed E-state index contributed by atoms with van der Waals surface area (Å²) in [5, 5.41) is 2.73. The molecule has 7 nitrogen and oxygen atoms in total. The minimum absolute atomic E-state index is 0.115. The van der Waals surface area contributed by atoms with Crippen molar-refractivity contribution < 1.29 is 23.9 Å². The molecule has 1 heterocycles. The molecule has 1 saturated heterocycles. The molecule has 1 aliphatic heterocycles. The molecular weight excluding hydrogens is 420 g/mol. The number of carbonyl (C=O) groups excluding carboxylic acids is 4. The summed E-state index contributed by atoms with van der Waals surface area (Å²) in [5.41, 5.74) is 3.41. The summed E-state index contributed by atoms with van der Waals surface area (Å²) in [6, 6.07) is 11.9. The lowest BCUT2D eigenvalue weighted by Gasteiger charge is -2.19. The molecule has 5 rings (SSSR count). The van der Waals surface area contributed by atoms with Crippen molar-refractivity contribution in [3.8, 4) is 0 Å². The van der Waals surface area contributed by atoms with Gasteiger partial charge in [-0.2, -0.15) is 0 Å². The molecule has 2 aliphatic carbocycles. The average molecular weight is 447 g/mol. The number of nitrogens with zero attached hydrogens (tertiary/aromatic N) is 1. The fourth-order valence-corrected chi connectivity index (χ4v) is 5.76. The Morgan fingerprint density at radius 2 is 1.61 bits per heavy atom. The van der Waals surface area contributed by atoms with E-state index in [1.54, 1.807) is 12.1 Å². The van der Waals surface area contributed by atoms with E-state index in [0.29, 0.717) is 23.2 Å². The first-order chi connectivity index (χ1) is 15.8. The molecule has 2 aromatic rings. The number of hydrogen-bond acceptors (Lipinski definition) is 5. The summed E-state index contributed by atoms with van der Waals surface area (Å²) in [6.07, 6.45) is 3.05. The maximum atomic E-state index is 12.9. The van der Waals surface area contributed by atoms with Gasteiger partial charge in [0.15, 0.2) is 6.61 Å². The number of hydrogen-bond donors (Lipinski definition) is 1. The van der Waals surface area contributed by atoms with Crippen LogP contribution in [0, 0.1) is 37.5 Å². The Hall–Kier alpha value is -3.48. The van der Waals surface area contributed by atoms with E-state index >= 15 is 0 Å². The second kappa shape index (κ2) is 8.14. The molecule has 4 atom stereocenters. The summed E-state index contributed by atoms with van der Waals surface area (Å²) in [4.78, 5) is 51.7. The number of carbonyl (C=O) groups is 4. The van der Waals surface area contributed by atoms with Crippen molar-refractivity contribution in [2.75, 3.05) is 16.8 Å². The smallest absolute Gasteiger partial charge is 0.338 e. The Morgan fingerprint density at radius 1 is 0.970 bits per heavy atom. The predicted molar refractivity (Wildman–Crippen MR) is 122 cm³/mol. The maximum absolute atomic E-state index is 12.9. The molecule has 3 fully saturated rings. The number of anilines is 2. The van der Waals surface area contributed by atoms with Gasteiger partial charge in [0.05, 0.1) is 23.1 Å². The zero-order valence-corrected chi connectivity index (χ0v) is 18.7. The van der Waals surface area contributed by atoms with Crippen LogP contribution >= 0.6 is 0 Å². The third-order valence-electron chi connectivity index (χ3n) is 7.28. The lowest BCUT2D eigenvalue weighted by Crippen LogP contribution is -2.32. The number of imide groups is 1. The fraction of sp³-hybridized carbons (Fsp3) is 0.385. The molecule has 0 unspecified atom stereocenters. The van der Waals surface area contributed by atoms with Gasteiger partial charge in [-0.05, 0) is 80.8 Å². The van der Waals surface area contributed by atoms with Crippen molar-refractivity contribution in [3.63, 3.8) is 0 Å². The van der Waals surface area contributed by atoms with E-state index < -0.39 is 18.5 Å². The second-order valence-corrected chi connectivity index (χ2v) is 9.39. The van der Waals surface area contributed by atoms with Crippen LogP contribution in [0.4, 0.5) is 11.4 Å². The quantitative estimate of drug-likeness (QED) is 0.559. The highest BCUT2D eigenvalue weighted by Gasteiger charge is 2.61. The minimum Gasteiger partial charge on any atom is -0.452 e. The summed E-state index contributed by atoms with van der Waals surface area (Å²) in [6.45, 7) is 3.45. The van der Waals surface area contributed by atoms with Crippen molar-refractivity contribution in [1.29, 1.82) is 0 Å². The van der Waals surface area contributed by atoms with Gasteiger partial charge >= 0.3 is 5.97 Å². The van der Waals surface area contributed by atoms with Crippen LogP contribution in [0.5, 0.6) is 0 Å². The highest BCUT2D eigenvalue weighted by Crippen LogP contribution is 2.56. The van der Waals surface area contributed by atoms with Crippen LogP contribution in [-0.2, 0) is 19.1 Å². The van der Waals surface area contributed by atoms with Crippen molar-refractivity contribution in [1.82, 2.24) is 0 Å². The standard InChI is InChI=1S/C26H26N2O5/c1-14-3-10-20(15(2)11-14)27-21(29)13-33-26(32)16-6-8-19(9-7-16)28-24(30)22-17-4-5-18(12-17)23(22)25(28)31/h3,6-11,17-18,22-23H,4-5,12-13H2,1-2H3,(H,27,29)/t17-,18-,22-,23+/m0/s1. The molecule has 3 amide bonds. The highest BCUT2D eigenvalue weighted by molar-refractivity contribution is 6.22. The zero-order chi connectivity index (χ0) is 23.3. The molecule has 0 aromatic heterocycles. The molecule has 33 heavy (non-hydrogen) atoms. The summed E-state index contributed by atoms with van der Waals surface area (Å²) in [7, 11) is 0. The summed E-state index contributed by atoms with van der Waals surface area (Å²) >= 11 is 0.